The van der Waals surface area contributed by atoms with Gasteiger partial charge in [0.15, 0.2) is 0 Å². The quantitative estimate of drug-likeness (QED) is 0.752. The third-order valence-electron chi connectivity index (χ3n) is 3.30. The molecule has 3 rings (SSSR count). The van der Waals surface area contributed by atoms with Gasteiger partial charge in [-0.1, -0.05) is 12.1 Å². The number of aliphatic hydroxyl groups is 1. The molecule has 4 nitrogen and oxygen atoms in total. The molecule has 2 heterocycles. The van der Waals surface area contributed by atoms with Gasteiger partial charge in [0.25, 0.3) is 0 Å². The number of imidazole rings is 1. The minimum absolute atomic E-state index is 0.0850. The van der Waals surface area contributed by atoms with Gasteiger partial charge < -0.3 is 5.11 Å². The molecule has 108 valence electrons. The van der Waals surface area contributed by atoms with Crippen molar-refractivity contribution in [2.45, 2.75) is 31.1 Å². The van der Waals surface area contributed by atoms with Gasteiger partial charge in [-0.05, 0) is 37.6 Å². The topological polar surface area (TPSA) is 50.4 Å². The summed E-state index contributed by atoms with van der Waals surface area (Å²) in [7, 11) is 0. The molecule has 0 aliphatic carbocycles. The lowest BCUT2D eigenvalue weighted by atomic mass is 10.2. The van der Waals surface area contributed by atoms with E-state index < -0.39 is 0 Å². The molecule has 0 amide bonds. The van der Waals surface area contributed by atoms with Crippen LogP contribution in [0.2, 0.25) is 0 Å². The van der Waals surface area contributed by atoms with E-state index in [4.69, 9.17) is 5.11 Å². The van der Waals surface area contributed by atoms with Crippen molar-refractivity contribution in [3.63, 3.8) is 0 Å². The maximum atomic E-state index is 9.04. The van der Waals surface area contributed by atoms with Crippen LogP contribution < -0.4 is 0 Å². The number of hydrogen-bond donors (Lipinski definition) is 1. The molecule has 0 saturated carbocycles. The Labute approximate surface area is 127 Å². The molecule has 0 atom stereocenters. The predicted molar refractivity (Wildman–Crippen MR) is 84.4 cm³/mol. The largest absolute Gasteiger partial charge is 0.392 e. The zero-order valence-electron chi connectivity index (χ0n) is 12.1. The molecule has 21 heavy (non-hydrogen) atoms. The van der Waals surface area contributed by atoms with Crippen LogP contribution in [0, 0.1) is 13.8 Å². The highest BCUT2D eigenvalue weighted by Gasteiger charge is 2.06. The molecular formula is C16H17N3OS. The molecule has 0 saturated heterocycles. The van der Waals surface area contributed by atoms with E-state index in [1.807, 2.05) is 41.8 Å². The Bertz CT molecular complexity index is 765. The number of aromatic nitrogens is 3. The van der Waals surface area contributed by atoms with Crippen LogP contribution in [0.5, 0.6) is 0 Å². The molecule has 1 N–H and O–H groups in total. The van der Waals surface area contributed by atoms with E-state index in [1.54, 1.807) is 11.8 Å². The van der Waals surface area contributed by atoms with Gasteiger partial charge >= 0.3 is 0 Å². The summed E-state index contributed by atoms with van der Waals surface area (Å²) in [5.74, 6) is 1.57. The minimum Gasteiger partial charge on any atom is -0.392 e. The zero-order valence-corrected chi connectivity index (χ0v) is 12.9. The number of hydrogen-bond acceptors (Lipinski definition) is 4. The zero-order chi connectivity index (χ0) is 14.8. The van der Waals surface area contributed by atoms with Crippen LogP contribution in [0.4, 0.5) is 0 Å². The monoisotopic (exact) mass is 299 g/mol. The summed E-state index contributed by atoms with van der Waals surface area (Å²) >= 11 is 1.73. The van der Waals surface area contributed by atoms with Crippen molar-refractivity contribution in [3.05, 3.63) is 59.2 Å². The van der Waals surface area contributed by atoms with Gasteiger partial charge in [0, 0.05) is 28.2 Å². The van der Waals surface area contributed by atoms with Crippen molar-refractivity contribution in [1.29, 1.82) is 0 Å². The van der Waals surface area contributed by atoms with Crippen molar-refractivity contribution in [3.8, 4) is 0 Å². The fraction of sp³-hybridized carbons (Fsp3) is 0.250. The van der Waals surface area contributed by atoms with Crippen LogP contribution in [-0.4, -0.2) is 19.5 Å². The first-order valence-electron chi connectivity index (χ1n) is 6.80. The first kappa shape index (κ1) is 14.1. The first-order chi connectivity index (χ1) is 10.2. The Morgan fingerprint density at radius 2 is 1.90 bits per heavy atom. The van der Waals surface area contributed by atoms with E-state index in [0.717, 1.165) is 34.2 Å². The molecule has 0 fully saturated rings. The number of rotatable bonds is 4. The predicted octanol–water partition coefficient (Wildman–Crippen LogP) is 3.13. The first-order valence-corrected chi connectivity index (χ1v) is 7.79. The Balaban J connectivity index is 1.77. The molecule has 0 aliphatic heterocycles. The normalized spacial score (nSPS) is 11.2. The lowest BCUT2D eigenvalue weighted by Gasteiger charge is -2.00. The van der Waals surface area contributed by atoms with Gasteiger partial charge in [0.2, 0.25) is 5.78 Å². The van der Waals surface area contributed by atoms with E-state index in [-0.39, 0.29) is 6.61 Å². The number of benzene rings is 1. The second-order valence-corrected chi connectivity index (χ2v) is 6.08. The summed E-state index contributed by atoms with van der Waals surface area (Å²) < 4.78 is 2.03. The van der Waals surface area contributed by atoms with Crippen molar-refractivity contribution in [2.75, 3.05) is 0 Å². The van der Waals surface area contributed by atoms with E-state index in [2.05, 4.69) is 23.0 Å². The summed E-state index contributed by atoms with van der Waals surface area (Å²) in [5, 5.41) is 9.04. The molecule has 0 unspecified atom stereocenters. The minimum atomic E-state index is 0.0850. The van der Waals surface area contributed by atoms with Gasteiger partial charge in [0.05, 0.1) is 12.3 Å². The number of aliphatic hydroxyl groups excluding tert-OH is 1. The smallest absolute Gasteiger partial charge is 0.234 e. The lowest BCUT2D eigenvalue weighted by molar-refractivity contribution is 0.282. The molecule has 1 aromatic carbocycles. The van der Waals surface area contributed by atoms with E-state index in [9.17, 15) is 0 Å². The van der Waals surface area contributed by atoms with Crippen molar-refractivity contribution in [2.24, 2.45) is 0 Å². The Kier molecular flexibility index (Phi) is 3.94. The van der Waals surface area contributed by atoms with Crippen molar-refractivity contribution >= 4 is 17.5 Å². The second-order valence-electron chi connectivity index (χ2n) is 5.03. The molecule has 0 aliphatic rings. The maximum Gasteiger partial charge on any atom is 0.234 e. The van der Waals surface area contributed by atoms with E-state index in [0.29, 0.717) is 0 Å². The number of fused-ring (bicyclic) bond motifs is 1. The summed E-state index contributed by atoms with van der Waals surface area (Å²) in [6, 6.07) is 10.0. The highest BCUT2D eigenvalue weighted by atomic mass is 32.2. The molecule has 2 aromatic heterocycles. The summed E-state index contributed by atoms with van der Waals surface area (Å²) in [6.45, 7) is 4.13. The van der Waals surface area contributed by atoms with Crippen LogP contribution in [0.25, 0.3) is 5.78 Å². The van der Waals surface area contributed by atoms with Crippen LogP contribution >= 0.6 is 11.8 Å². The highest BCUT2D eigenvalue weighted by molar-refractivity contribution is 7.98. The van der Waals surface area contributed by atoms with Crippen molar-refractivity contribution < 1.29 is 5.11 Å². The summed E-state index contributed by atoms with van der Waals surface area (Å²) in [6.07, 6.45) is 2.05. The molecule has 0 radical (unpaired) electrons. The van der Waals surface area contributed by atoms with Crippen LogP contribution in [-0.2, 0) is 12.4 Å². The van der Waals surface area contributed by atoms with E-state index in [1.165, 1.54) is 4.90 Å². The van der Waals surface area contributed by atoms with Crippen molar-refractivity contribution in [1.82, 2.24) is 14.4 Å². The Morgan fingerprint density at radius 1 is 1.14 bits per heavy atom. The third kappa shape index (κ3) is 3.09. The molecule has 0 spiro atoms. The molecule has 5 heteroatoms. The van der Waals surface area contributed by atoms with Gasteiger partial charge in [-0.15, -0.1) is 11.8 Å². The SMILES string of the molecule is Cc1cc(C)n2cc(CSc3ccc(CO)cc3)nc2n1. The summed E-state index contributed by atoms with van der Waals surface area (Å²) in [5.41, 5.74) is 4.09. The lowest BCUT2D eigenvalue weighted by Crippen LogP contribution is -1.94. The maximum absolute atomic E-state index is 9.04. The Morgan fingerprint density at radius 3 is 2.62 bits per heavy atom. The fourth-order valence-corrected chi connectivity index (χ4v) is 3.02. The van der Waals surface area contributed by atoms with Gasteiger partial charge in [-0.2, -0.15) is 0 Å². The summed E-state index contributed by atoms with van der Waals surface area (Å²) in [4.78, 5) is 10.2. The van der Waals surface area contributed by atoms with Gasteiger partial charge in [0.1, 0.15) is 0 Å². The number of nitrogens with zero attached hydrogens (tertiary/aromatic N) is 3. The molecular weight excluding hydrogens is 282 g/mol. The van der Waals surface area contributed by atoms with Gasteiger partial charge in [-0.3, -0.25) is 4.40 Å². The highest BCUT2D eigenvalue weighted by Crippen LogP contribution is 2.23. The number of thioether (sulfide) groups is 1. The average Bonchev–Trinajstić information content (AvgIpc) is 2.89. The average molecular weight is 299 g/mol. The van der Waals surface area contributed by atoms with Gasteiger partial charge in [-0.25, -0.2) is 9.97 Å². The molecule has 3 aromatic rings. The fourth-order valence-electron chi connectivity index (χ4n) is 2.24. The standard InChI is InChI=1S/C16H17N3OS/c1-11-7-12(2)19-8-14(18-16(19)17-11)10-21-15-5-3-13(9-20)4-6-15/h3-8,20H,9-10H2,1-2H3. The Hall–Kier alpha value is -1.85. The second kappa shape index (κ2) is 5.87. The van der Waals surface area contributed by atoms with Crippen LogP contribution in [0.3, 0.4) is 0 Å². The van der Waals surface area contributed by atoms with E-state index >= 15 is 0 Å². The third-order valence-corrected chi connectivity index (χ3v) is 4.35. The number of aryl methyl sites for hydroxylation is 2. The van der Waals surface area contributed by atoms with Crippen LogP contribution in [0.15, 0.2) is 41.4 Å². The van der Waals surface area contributed by atoms with Crippen LogP contribution in [0.1, 0.15) is 22.6 Å². The molecule has 0 bridgehead atoms.